The van der Waals surface area contributed by atoms with Crippen molar-refractivity contribution in [2.24, 2.45) is 11.3 Å². The van der Waals surface area contributed by atoms with Crippen LogP contribution in [0.5, 0.6) is 0 Å². The Bertz CT molecular complexity index is 468. The topological polar surface area (TPSA) is 17.1 Å². The van der Waals surface area contributed by atoms with Crippen LogP contribution in [0.1, 0.15) is 52.0 Å². The van der Waals surface area contributed by atoms with E-state index in [9.17, 15) is 4.79 Å². The van der Waals surface area contributed by atoms with Crippen LogP contribution in [0.15, 0.2) is 35.9 Å². The first-order chi connectivity index (χ1) is 9.03. The first kappa shape index (κ1) is 14.0. The maximum absolute atomic E-state index is 12.1. The Morgan fingerprint density at radius 1 is 1.26 bits per heavy atom. The third kappa shape index (κ3) is 3.34. The Morgan fingerprint density at radius 2 is 1.95 bits per heavy atom. The molecular formula is C18H24O. The van der Waals surface area contributed by atoms with Gasteiger partial charge in [0.2, 0.25) is 0 Å². The van der Waals surface area contributed by atoms with Crippen LogP contribution in [0.25, 0.3) is 6.08 Å². The lowest BCUT2D eigenvalue weighted by atomic mass is 9.68. The third-order valence-corrected chi connectivity index (χ3v) is 4.70. The van der Waals surface area contributed by atoms with Crippen LogP contribution in [0.4, 0.5) is 0 Å². The highest BCUT2D eigenvalue weighted by Crippen LogP contribution is 2.41. The second-order valence-corrected chi connectivity index (χ2v) is 6.29. The van der Waals surface area contributed by atoms with Crippen molar-refractivity contribution in [3.05, 3.63) is 41.5 Å². The van der Waals surface area contributed by atoms with Gasteiger partial charge in [-0.05, 0) is 41.4 Å². The molecule has 1 fully saturated rings. The SMILES string of the molecule is CCC(C)(C)C1CCC(=O)C(=Cc2ccccc2)C1. The van der Waals surface area contributed by atoms with Gasteiger partial charge in [0.05, 0.1) is 0 Å². The standard InChI is InChI=1S/C18H24O/c1-4-18(2,3)16-10-11-17(19)15(13-16)12-14-8-6-5-7-9-14/h5-9,12,16H,4,10-11,13H2,1-3H3. The van der Waals surface area contributed by atoms with Crippen molar-refractivity contribution >= 4 is 11.9 Å². The molecule has 102 valence electrons. The molecule has 0 amide bonds. The molecule has 0 spiro atoms. The molecule has 0 aromatic heterocycles. The molecule has 0 bridgehead atoms. The minimum Gasteiger partial charge on any atom is -0.295 e. The second kappa shape index (κ2) is 5.73. The Morgan fingerprint density at radius 3 is 2.58 bits per heavy atom. The van der Waals surface area contributed by atoms with E-state index in [0.29, 0.717) is 23.5 Å². The van der Waals surface area contributed by atoms with Crippen molar-refractivity contribution in [2.45, 2.75) is 46.5 Å². The molecular weight excluding hydrogens is 232 g/mol. The Labute approximate surface area is 116 Å². The van der Waals surface area contributed by atoms with Crippen LogP contribution in [0, 0.1) is 11.3 Å². The van der Waals surface area contributed by atoms with Crippen molar-refractivity contribution in [1.82, 2.24) is 0 Å². The number of carbonyl (C=O) groups is 1. The number of carbonyl (C=O) groups excluding carboxylic acids is 1. The highest BCUT2D eigenvalue weighted by Gasteiger charge is 2.33. The summed E-state index contributed by atoms with van der Waals surface area (Å²) in [5, 5.41) is 0. The summed E-state index contributed by atoms with van der Waals surface area (Å²) in [6.45, 7) is 6.90. The number of hydrogen-bond donors (Lipinski definition) is 0. The van der Waals surface area contributed by atoms with Gasteiger partial charge in [0.25, 0.3) is 0 Å². The van der Waals surface area contributed by atoms with Crippen LogP contribution in [-0.4, -0.2) is 5.78 Å². The van der Waals surface area contributed by atoms with Crippen molar-refractivity contribution in [3.63, 3.8) is 0 Å². The van der Waals surface area contributed by atoms with E-state index in [2.05, 4.69) is 39.0 Å². The minimum atomic E-state index is 0.330. The summed E-state index contributed by atoms with van der Waals surface area (Å²) in [6.07, 6.45) is 5.96. The normalized spacial score (nSPS) is 22.8. The molecule has 1 heteroatoms. The van der Waals surface area contributed by atoms with Gasteiger partial charge in [-0.25, -0.2) is 0 Å². The van der Waals surface area contributed by atoms with Crippen molar-refractivity contribution in [2.75, 3.05) is 0 Å². The van der Waals surface area contributed by atoms with Gasteiger partial charge in [0, 0.05) is 6.42 Å². The molecule has 0 aliphatic heterocycles. The number of Topliss-reactive ketones (excluding diaryl/α,β-unsaturated/α-hetero) is 1. The van der Waals surface area contributed by atoms with Crippen LogP contribution in [-0.2, 0) is 4.79 Å². The third-order valence-electron chi connectivity index (χ3n) is 4.70. The largest absolute Gasteiger partial charge is 0.295 e. The Kier molecular flexibility index (Phi) is 4.24. The molecule has 1 aliphatic rings. The summed E-state index contributed by atoms with van der Waals surface area (Å²) >= 11 is 0. The van der Waals surface area contributed by atoms with Gasteiger partial charge in [-0.2, -0.15) is 0 Å². The molecule has 1 aliphatic carbocycles. The van der Waals surface area contributed by atoms with Gasteiger partial charge in [-0.1, -0.05) is 57.5 Å². The van der Waals surface area contributed by atoms with E-state index in [0.717, 1.165) is 24.0 Å². The summed E-state index contributed by atoms with van der Waals surface area (Å²) in [4.78, 5) is 12.1. The number of benzene rings is 1. The smallest absolute Gasteiger partial charge is 0.158 e. The number of hydrogen-bond acceptors (Lipinski definition) is 1. The van der Waals surface area contributed by atoms with Crippen LogP contribution in [0.2, 0.25) is 0 Å². The zero-order valence-electron chi connectivity index (χ0n) is 12.3. The zero-order valence-corrected chi connectivity index (χ0v) is 12.3. The molecule has 1 nitrogen and oxygen atoms in total. The minimum absolute atomic E-state index is 0.330. The average Bonchev–Trinajstić information content (AvgIpc) is 2.42. The fraction of sp³-hybridized carbons (Fsp3) is 0.500. The summed E-state index contributed by atoms with van der Waals surface area (Å²) in [6, 6.07) is 10.2. The molecule has 0 radical (unpaired) electrons. The van der Waals surface area contributed by atoms with Gasteiger partial charge in [-0.3, -0.25) is 4.79 Å². The van der Waals surface area contributed by atoms with Gasteiger partial charge in [0.1, 0.15) is 0 Å². The van der Waals surface area contributed by atoms with Crippen LogP contribution >= 0.6 is 0 Å². The van der Waals surface area contributed by atoms with E-state index in [1.54, 1.807) is 0 Å². The van der Waals surface area contributed by atoms with Gasteiger partial charge in [-0.15, -0.1) is 0 Å². The van der Waals surface area contributed by atoms with Crippen LogP contribution < -0.4 is 0 Å². The van der Waals surface area contributed by atoms with E-state index >= 15 is 0 Å². The fourth-order valence-electron chi connectivity index (χ4n) is 2.79. The maximum atomic E-state index is 12.1. The lowest BCUT2D eigenvalue weighted by Gasteiger charge is -2.36. The van der Waals surface area contributed by atoms with E-state index < -0.39 is 0 Å². The second-order valence-electron chi connectivity index (χ2n) is 6.29. The molecule has 1 unspecified atom stereocenters. The van der Waals surface area contributed by atoms with Crippen molar-refractivity contribution < 1.29 is 4.79 Å². The Balaban J connectivity index is 2.20. The molecule has 1 atom stereocenters. The van der Waals surface area contributed by atoms with Gasteiger partial charge >= 0.3 is 0 Å². The summed E-state index contributed by atoms with van der Waals surface area (Å²) in [7, 11) is 0. The van der Waals surface area contributed by atoms with Gasteiger partial charge < -0.3 is 0 Å². The summed E-state index contributed by atoms with van der Waals surface area (Å²) < 4.78 is 0. The van der Waals surface area contributed by atoms with E-state index in [1.807, 2.05) is 18.2 Å². The molecule has 0 saturated heterocycles. The monoisotopic (exact) mass is 256 g/mol. The highest BCUT2D eigenvalue weighted by molar-refractivity contribution is 6.00. The van der Waals surface area contributed by atoms with E-state index in [1.165, 1.54) is 6.42 Å². The molecule has 1 aromatic carbocycles. The molecule has 2 rings (SSSR count). The summed E-state index contributed by atoms with van der Waals surface area (Å²) in [5.74, 6) is 0.970. The molecule has 0 N–H and O–H groups in total. The van der Waals surface area contributed by atoms with E-state index in [4.69, 9.17) is 0 Å². The predicted molar refractivity (Wildman–Crippen MR) is 80.8 cm³/mol. The lowest BCUT2D eigenvalue weighted by Crippen LogP contribution is -2.29. The Hall–Kier alpha value is -1.37. The number of ketones is 1. The van der Waals surface area contributed by atoms with Gasteiger partial charge in [0.15, 0.2) is 5.78 Å². The molecule has 0 heterocycles. The van der Waals surface area contributed by atoms with E-state index in [-0.39, 0.29) is 0 Å². The highest BCUT2D eigenvalue weighted by atomic mass is 16.1. The molecule has 1 saturated carbocycles. The average molecular weight is 256 g/mol. The number of rotatable bonds is 3. The quantitative estimate of drug-likeness (QED) is 0.705. The predicted octanol–water partition coefficient (Wildman–Crippen LogP) is 4.88. The molecule has 1 aromatic rings. The summed E-state index contributed by atoms with van der Waals surface area (Å²) in [5.41, 5.74) is 2.49. The lowest BCUT2D eigenvalue weighted by molar-refractivity contribution is -0.117. The first-order valence-corrected chi connectivity index (χ1v) is 7.32. The van der Waals surface area contributed by atoms with Crippen molar-refractivity contribution in [3.8, 4) is 0 Å². The van der Waals surface area contributed by atoms with Crippen molar-refractivity contribution in [1.29, 1.82) is 0 Å². The first-order valence-electron chi connectivity index (χ1n) is 7.32. The molecule has 19 heavy (non-hydrogen) atoms. The van der Waals surface area contributed by atoms with Crippen LogP contribution in [0.3, 0.4) is 0 Å². The number of allylic oxidation sites excluding steroid dienone is 1. The maximum Gasteiger partial charge on any atom is 0.158 e. The fourth-order valence-corrected chi connectivity index (χ4v) is 2.79. The zero-order chi connectivity index (χ0) is 13.9.